The molecule has 2 atom stereocenters. The Balaban J connectivity index is 2.14. The van der Waals surface area contributed by atoms with Crippen molar-refractivity contribution in [1.82, 2.24) is 10.6 Å². The highest BCUT2D eigenvalue weighted by Gasteiger charge is 2.45. The molecule has 3 N–H and O–H groups in total. The summed E-state index contributed by atoms with van der Waals surface area (Å²) in [5.74, 6) is -0.357. The molecule has 1 saturated carbocycles. The van der Waals surface area contributed by atoms with Gasteiger partial charge in [-0.15, -0.1) is 0 Å². The highest BCUT2D eigenvalue weighted by molar-refractivity contribution is 5.75. The average Bonchev–Trinajstić information content (AvgIpc) is 2.69. The molecule has 0 aromatic carbocycles. The predicted molar refractivity (Wildman–Crippen MR) is 60.1 cm³/mol. The van der Waals surface area contributed by atoms with Gasteiger partial charge in [-0.3, -0.25) is 4.79 Å². The molecule has 0 aliphatic heterocycles. The highest BCUT2D eigenvalue weighted by atomic mass is 16.4. The molecule has 0 heterocycles. The monoisotopic (exact) mass is 228 g/mol. The topological polar surface area (TPSA) is 78.4 Å². The molecule has 1 aliphatic carbocycles. The number of hydrogen-bond acceptors (Lipinski definition) is 2. The fourth-order valence-corrected chi connectivity index (χ4v) is 1.73. The van der Waals surface area contributed by atoms with E-state index >= 15 is 0 Å². The standard InChI is InChI=1S/C11H20N2O3/c1-7(4-9(14)15)13-10(16)12-6-8-5-11(8,2)3/h7-8H,4-6H2,1-3H3,(H,14,15)(H2,12,13,16). The second kappa shape index (κ2) is 4.72. The maximum Gasteiger partial charge on any atom is 0.315 e. The normalized spacial score (nSPS) is 23.3. The zero-order valence-electron chi connectivity index (χ0n) is 10.0. The molecule has 1 aliphatic rings. The molecule has 1 rings (SSSR count). The van der Waals surface area contributed by atoms with Gasteiger partial charge in [-0.2, -0.15) is 0 Å². The average molecular weight is 228 g/mol. The van der Waals surface area contributed by atoms with Crippen molar-refractivity contribution < 1.29 is 14.7 Å². The SMILES string of the molecule is CC(CC(=O)O)NC(=O)NCC1CC1(C)C. The number of hydrogen-bond donors (Lipinski definition) is 3. The van der Waals surface area contributed by atoms with Crippen molar-refractivity contribution >= 4 is 12.0 Å². The minimum atomic E-state index is -0.906. The van der Waals surface area contributed by atoms with Crippen molar-refractivity contribution in [3.05, 3.63) is 0 Å². The largest absolute Gasteiger partial charge is 0.481 e. The highest BCUT2D eigenvalue weighted by Crippen LogP contribution is 2.50. The molecule has 0 radical (unpaired) electrons. The lowest BCUT2D eigenvalue weighted by molar-refractivity contribution is -0.137. The third kappa shape index (κ3) is 4.08. The van der Waals surface area contributed by atoms with Crippen molar-refractivity contribution in [2.75, 3.05) is 6.54 Å². The summed E-state index contributed by atoms with van der Waals surface area (Å²) in [6.07, 6.45) is 1.08. The quantitative estimate of drug-likeness (QED) is 0.661. The lowest BCUT2D eigenvalue weighted by atomic mass is 10.1. The third-order valence-corrected chi connectivity index (χ3v) is 3.08. The van der Waals surface area contributed by atoms with Gasteiger partial charge in [-0.1, -0.05) is 13.8 Å². The van der Waals surface area contributed by atoms with Crippen molar-refractivity contribution in [3.8, 4) is 0 Å². The zero-order valence-corrected chi connectivity index (χ0v) is 10.0. The molecule has 5 nitrogen and oxygen atoms in total. The molecular formula is C11H20N2O3. The van der Waals surface area contributed by atoms with Crippen LogP contribution in [-0.2, 0) is 4.79 Å². The fraction of sp³-hybridized carbons (Fsp3) is 0.818. The molecule has 92 valence electrons. The first kappa shape index (κ1) is 12.8. The van der Waals surface area contributed by atoms with E-state index in [2.05, 4.69) is 24.5 Å². The predicted octanol–water partition coefficient (Wildman–Crippen LogP) is 1.19. The first-order valence-electron chi connectivity index (χ1n) is 5.57. The maximum atomic E-state index is 11.4. The van der Waals surface area contributed by atoms with Crippen molar-refractivity contribution in [1.29, 1.82) is 0 Å². The summed E-state index contributed by atoms with van der Waals surface area (Å²) in [7, 11) is 0. The first-order chi connectivity index (χ1) is 7.31. The first-order valence-corrected chi connectivity index (χ1v) is 5.57. The lowest BCUT2D eigenvalue weighted by Crippen LogP contribution is -2.42. The summed E-state index contributed by atoms with van der Waals surface area (Å²) in [4.78, 5) is 21.7. The van der Waals surface area contributed by atoms with Gasteiger partial charge in [0.1, 0.15) is 0 Å². The van der Waals surface area contributed by atoms with Crippen LogP contribution in [0.2, 0.25) is 0 Å². The number of nitrogens with one attached hydrogen (secondary N) is 2. The second-order valence-corrected chi connectivity index (χ2v) is 5.24. The number of aliphatic carboxylic acids is 1. The number of carboxylic acid groups (broad SMARTS) is 1. The van der Waals surface area contributed by atoms with E-state index in [9.17, 15) is 9.59 Å². The lowest BCUT2D eigenvalue weighted by Gasteiger charge is -2.13. The summed E-state index contributed by atoms with van der Waals surface area (Å²) < 4.78 is 0. The summed E-state index contributed by atoms with van der Waals surface area (Å²) >= 11 is 0. The van der Waals surface area contributed by atoms with Gasteiger partial charge >= 0.3 is 12.0 Å². The van der Waals surface area contributed by atoms with Crippen molar-refractivity contribution in [3.63, 3.8) is 0 Å². The van der Waals surface area contributed by atoms with Gasteiger partial charge in [0, 0.05) is 12.6 Å². The summed E-state index contributed by atoms with van der Waals surface area (Å²) in [5, 5.41) is 13.9. The summed E-state index contributed by atoms with van der Waals surface area (Å²) in [6.45, 7) is 6.68. The third-order valence-electron chi connectivity index (χ3n) is 3.08. The molecule has 0 spiro atoms. The van der Waals surface area contributed by atoms with Crippen LogP contribution in [-0.4, -0.2) is 29.7 Å². The minimum Gasteiger partial charge on any atom is -0.481 e. The number of carboxylic acids is 1. The van der Waals surface area contributed by atoms with Crippen LogP contribution in [0, 0.1) is 11.3 Å². The summed E-state index contributed by atoms with van der Waals surface area (Å²) in [5.41, 5.74) is 0.347. The zero-order chi connectivity index (χ0) is 12.3. The van der Waals surface area contributed by atoms with Crippen LogP contribution in [0.15, 0.2) is 0 Å². The molecular weight excluding hydrogens is 208 g/mol. The molecule has 2 amide bonds. The van der Waals surface area contributed by atoms with Crippen LogP contribution in [0.4, 0.5) is 4.79 Å². The second-order valence-electron chi connectivity index (χ2n) is 5.24. The van der Waals surface area contributed by atoms with E-state index in [1.165, 1.54) is 0 Å². The van der Waals surface area contributed by atoms with Gasteiger partial charge < -0.3 is 15.7 Å². The molecule has 2 unspecified atom stereocenters. The van der Waals surface area contributed by atoms with Crippen LogP contribution in [0.25, 0.3) is 0 Å². The Morgan fingerprint density at radius 2 is 2.06 bits per heavy atom. The summed E-state index contributed by atoms with van der Waals surface area (Å²) in [6, 6.07) is -0.624. The number of carbonyl (C=O) groups is 2. The van der Waals surface area contributed by atoms with Gasteiger partial charge in [0.25, 0.3) is 0 Å². The number of carbonyl (C=O) groups excluding carboxylic acids is 1. The Morgan fingerprint density at radius 3 is 2.50 bits per heavy atom. The van der Waals surface area contributed by atoms with E-state index in [0.29, 0.717) is 17.9 Å². The molecule has 16 heavy (non-hydrogen) atoms. The van der Waals surface area contributed by atoms with Crippen LogP contribution < -0.4 is 10.6 Å². The Labute approximate surface area is 95.6 Å². The van der Waals surface area contributed by atoms with Crippen LogP contribution >= 0.6 is 0 Å². The van der Waals surface area contributed by atoms with Gasteiger partial charge in [0.2, 0.25) is 0 Å². The van der Waals surface area contributed by atoms with Crippen molar-refractivity contribution in [2.24, 2.45) is 11.3 Å². The molecule has 1 fully saturated rings. The van der Waals surface area contributed by atoms with Gasteiger partial charge in [-0.05, 0) is 24.7 Å². The molecule has 0 aromatic rings. The van der Waals surface area contributed by atoms with E-state index in [-0.39, 0.29) is 18.5 Å². The minimum absolute atomic E-state index is 0.0532. The molecule has 5 heteroatoms. The van der Waals surface area contributed by atoms with Crippen LogP contribution in [0.1, 0.15) is 33.6 Å². The smallest absolute Gasteiger partial charge is 0.315 e. The van der Waals surface area contributed by atoms with Gasteiger partial charge in [0.05, 0.1) is 6.42 Å². The number of urea groups is 1. The van der Waals surface area contributed by atoms with Crippen LogP contribution in [0.5, 0.6) is 0 Å². The van der Waals surface area contributed by atoms with E-state index < -0.39 is 5.97 Å². The van der Waals surface area contributed by atoms with E-state index in [0.717, 1.165) is 6.42 Å². The Hall–Kier alpha value is -1.26. The van der Waals surface area contributed by atoms with Crippen LogP contribution in [0.3, 0.4) is 0 Å². The Morgan fingerprint density at radius 1 is 1.50 bits per heavy atom. The molecule has 0 bridgehead atoms. The number of rotatable bonds is 5. The van der Waals surface area contributed by atoms with Gasteiger partial charge in [0.15, 0.2) is 0 Å². The van der Waals surface area contributed by atoms with Gasteiger partial charge in [-0.25, -0.2) is 4.79 Å². The van der Waals surface area contributed by atoms with E-state index in [1.54, 1.807) is 6.92 Å². The Kier molecular flexibility index (Phi) is 3.78. The van der Waals surface area contributed by atoms with Crippen molar-refractivity contribution in [2.45, 2.75) is 39.7 Å². The molecule has 0 saturated heterocycles. The number of amides is 2. The maximum absolute atomic E-state index is 11.4. The van der Waals surface area contributed by atoms with E-state index in [1.807, 2.05) is 0 Å². The Bertz CT molecular complexity index is 289. The molecule has 0 aromatic heterocycles. The van der Waals surface area contributed by atoms with E-state index in [4.69, 9.17) is 5.11 Å². The fourth-order valence-electron chi connectivity index (χ4n) is 1.73.